The van der Waals surface area contributed by atoms with Gasteiger partial charge in [-0.3, -0.25) is 4.98 Å². The topological polar surface area (TPSA) is 22.1 Å². The number of hydrogen-bond donors (Lipinski definition) is 0. The van der Waals surface area contributed by atoms with Gasteiger partial charge in [0.2, 0.25) is 0 Å². The second-order valence-corrected chi connectivity index (χ2v) is 5.13. The van der Waals surface area contributed by atoms with Crippen molar-refractivity contribution in [2.75, 3.05) is 0 Å². The normalized spacial score (nSPS) is 10.7. The molecule has 0 atom stereocenters. The van der Waals surface area contributed by atoms with Gasteiger partial charge in [-0.05, 0) is 42.3 Å². The van der Waals surface area contributed by atoms with Gasteiger partial charge in [0.25, 0.3) is 0 Å². The van der Waals surface area contributed by atoms with E-state index < -0.39 is 0 Å². The molecular weight excluding hydrogens is 270 g/mol. The maximum Gasteiger partial charge on any atom is 0.146 e. The molecule has 0 amide bonds. The molecule has 0 N–H and O–H groups in total. The Labute approximate surface area is 123 Å². The van der Waals surface area contributed by atoms with Gasteiger partial charge in [-0.15, -0.1) is 0 Å². The molecule has 0 saturated carbocycles. The van der Waals surface area contributed by atoms with Crippen molar-refractivity contribution in [2.24, 2.45) is 0 Å². The number of aryl methyl sites for hydroxylation is 1. The van der Waals surface area contributed by atoms with Crippen LogP contribution in [0, 0.1) is 6.92 Å². The van der Waals surface area contributed by atoms with E-state index in [9.17, 15) is 0 Å². The average molecular weight is 284 g/mol. The molecule has 0 unspecified atom stereocenters. The summed E-state index contributed by atoms with van der Waals surface area (Å²) >= 11 is 5.87. The van der Waals surface area contributed by atoms with Gasteiger partial charge >= 0.3 is 0 Å². The monoisotopic (exact) mass is 283 g/mol. The zero-order valence-corrected chi connectivity index (χ0v) is 11.9. The fraction of sp³-hybridized carbons (Fsp3) is 0.118. The third kappa shape index (κ3) is 2.61. The standard InChI is InChI=1S/C17H14ClNO/c1-12-9-10-19-17-15(12)3-2-4-16(17)20-11-13-5-7-14(18)8-6-13/h2-10H,11H2,1H3. The predicted molar refractivity (Wildman–Crippen MR) is 82.3 cm³/mol. The number of ether oxygens (including phenoxy) is 1. The van der Waals surface area contributed by atoms with Crippen LogP contribution < -0.4 is 4.74 Å². The quantitative estimate of drug-likeness (QED) is 0.690. The van der Waals surface area contributed by atoms with Crippen LogP contribution in [0.5, 0.6) is 5.75 Å². The lowest BCUT2D eigenvalue weighted by molar-refractivity contribution is 0.309. The average Bonchev–Trinajstić information content (AvgIpc) is 2.47. The van der Waals surface area contributed by atoms with Gasteiger partial charge in [-0.2, -0.15) is 0 Å². The van der Waals surface area contributed by atoms with Crippen molar-refractivity contribution in [1.82, 2.24) is 4.98 Å². The van der Waals surface area contributed by atoms with E-state index in [1.165, 1.54) is 5.56 Å². The Hall–Kier alpha value is -2.06. The van der Waals surface area contributed by atoms with Gasteiger partial charge in [-0.25, -0.2) is 0 Å². The molecule has 2 nitrogen and oxygen atoms in total. The molecule has 0 radical (unpaired) electrons. The fourth-order valence-corrected chi connectivity index (χ4v) is 2.27. The third-order valence-electron chi connectivity index (χ3n) is 3.26. The first-order valence-electron chi connectivity index (χ1n) is 6.45. The molecule has 0 fully saturated rings. The summed E-state index contributed by atoms with van der Waals surface area (Å²) in [5.74, 6) is 0.807. The van der Waals surface area contributed by atoms with Crippen LogP contribution in [0.2, 0.25) is 5.02 Å². The molecule has 100 valence electrons. The Balaban J connectivity index is 1.88. The Morgan fingerprint density at radius 1 is 1.05 bits per heavy atom. The second-order valence-electron chi connectivity index (χ2n) is 4.70. The number of halogens is 1. The van der Waals surface area contributed by atoms with Gasteiger partial charge < -0.3 is 4.74 Å². The number of benzene rings is 2. The van der Waals surface area contributed by atoms with E-state index in [0.717, 1.165) is 27.2 Å². The van der Waals surface area contributed by atoms with E-state index in [0.29, 0.717) is 6.61 Å². The highest BCUT2D eigenvalue weighted by atomic mass is 35.5. The minimum Gasteiger partial charge on any atom is -0.487 e. The summed E-state index contributed by atoms with van der Waals surface area (Å²) in [4.78, 5) is 4.42. The Morgan fingerprint density at radius 3 is 2.65 bits per heavy atom. The number of aromatic nitrogens is 1. The van der Waals surface area contributed by atoms with Crippen LogP contribution in [0.1, 0.15) is 11.1 Å². The number of nitrogens with zero attached hydrogens (tertiary/aromatic N) is 1. The minimum atomic E-state index is 0.506. The third-order valence-corrected chi connectivity index (χ3v) is 3.51. The maximum atomic E-state index is 5.89. The largest absolute Gasteiger partial charge is 0.487 e. The number of hydrogen-bond acceptors (Lipinski definition) is 2. The molecule has 20 heavy (non-hydrogen) atoms. The fourth-order valence-electron chi connectivity index (χ4n) is 2.15. The predicted octanol–water partition coefficient (Wildman–Crippen LogP) is 4.78. The Kier molecular flexibility index (Phi) is 3.57. The molecule has 3 heteroatoms. The molecule has 3 aromatic rings. The van der Waals surface area contributed by atoms with Crippen LogP contribution in [-0.4, -0.2) is 4.98 Å². The number of para-hydroxylation sites is 1. The zero-order valence-electron chi connectivity index (χ0n) is 11.1. The van der Waals surface area contributed by atoms with Crippen molar-refractivity contribution in [2.45, 2.75) is 13.5 Å². The summed E-state index contributed by atoms with van der Waals surface area (Å²) in [6.07, 6.45) is 1.81. The summed E-state index contributed by atoms with van der Waals surface area (Å²) in [6, 6.07) is 15.7. The molecule has 0 aliphatic heterocycles. The van der Waals surface area contributed by atoms with Crippen molar-refractivity contribution in [3.63, 3.8) is 0 Å². The molecular formula is C17H14ClNO. The molecule has 0 aliphatic rings. The molecule has 0 aliphatic carbocycles. The summed E-state index contributed by atoms with van der Waals surface area (Å²) in [6.45, 7) is 2.58. The molecule has 3 rings (SSSR count). The first-order valence-corrected chi connectivity index (χ1v) is 6.83. The second kappa shape index (κ2) is 5.51. The van der Waals surface area contributed by atoms with Crippen molar-refractivity contribution >= 4 is 22.5 Å². The van der Waals surface area contributed by atoms with Gasteiger partial charge in [-0.1, -0.05) is 35.9 Å². The summed E-state index contributed by atoms with van der Waals surface area (Å²) in [5.41, 5.74) is 3.19. The molecule has 0 saturated heterocycles. The zero-order chi connectivity index (χ0) is 13.9. The number of pyridine rings is 1. The van der Waals surface area contributed by atoms with Gasteiger partial charge in [0, 0.05) is 16.6 Å². The van der Waals surface area contributed by atoms with E-state index in [1.807, 2.05) is 48.7 Å². The molecule has 1 heterocycles. The summed E-state index contributed by atoms with van der Waals surface area (Å²) in [7, 11) is 0. The lowest BCUT2D eigenvalue weighted by Crippen LogP contribution is -1.97. The van der Waals surface area contributed by atoms with E-state index >= 15 is 0 Å². The first kappa shape index (κ1) is 12.9. The molecule has 1 aromatic heterocycles. The smallest absolute Gasteiger partial charge is 0.146 e. The van der Waals surface area contributed by atoms with Crippen molar-refractivity contribution in [3.05, 3.63) is 70.9 Å². The van der Waals surface area contributed by atoms with Crippen LogP contribution in [0.25, 0.3) is 10.9 Å². The minimum absolute atomic E-state index is 0.506. The lowest BCUT2D eigenvalue weighted by atomic mass is 10.1. The Bertz CT molecular complexity index is 738. The first-order chi connectivity index (χ1) is 9.74. The van der Waals surface area contributed by atoms with Crippen molar-refractivity contribution in [3.8, 4) is 5.75 Å². The van der Waals surface area contributed by atoms with E-state index in [4.69, 9.17) is 16.3 Å². The summed E-state index contributed by atoms with van der Waals surface area (Å²) in [5, 5.41) is 1.86. The van der Waals surface area contributed by atoms with Crippen LogP contribution in [-0.2, 0) is 6.61 Å². The summed E-state index contributed by atoms with van der Waals surface area (Å²) < 4.78 is 5.89. The van der Waals surface area contributed by atoms with Gasteiger partial charge in [0.15, 0.2) is 0 Å². The van der Waals surface area contributed by atoms with E-state index in [1.54, 1.807) is 0 Å². The van der Waals surface area contributed by atoms with Gasteiger partial charge in [0.05, 0.1) is 0 Å². The van der Waals surface area contributed by atoms with Crippen LogP contribution >= 0.6 is 11.6 Å². The highest BCUT2D eigenvalue weighted by Gasteiger charge is 2.05. The number of fused-ring (bicyclic) bond motifs is 1. The van der Waals surface area contributed by atoms with Crippen LogP contribution in [0.3, 0.4) is 0 Å². The SMILES string of the molecule is Cc1ccnc2c(OCc3ccc(Cl)cc3)cccc12. The lowest BCUT2D eigenvalue weighted by Gasteiger charge is -2.10. The van der Waals surface area contributed by atoms with Crippen molar-refractivity contribution < 1.29 is 4.74 Å². The molecule has 2 aromatic carbocycles. The highest BCUT2D eigenvalue weighted by molar-refractivity contribution is 6.30. The Morgan fingerprint density at radius 2 is 1.85 bits per heavy atom. The van der Waals surface area contributed by atoms with Gasteiger partial charge in [0.1, 0.15) is 17.9 Å². The van der Waals surface area contributed by atoms with Crippen LogP contribution in [0.4, 0.5) is 0 Å². The number of rotatable bonds is 3. The van der Waals surface area contributed by atoms with E-state index in [-0.39, 0.29) is 0 Å². The molecule has 0 spiro atoms. The van der Waals surface area contributed by atoms with Crippen LogP contribution in [0.15, 0.2) is 54.7 Å². The highest BCUT2D eigenvalue weighted by Crippen LogP contribution is 2.26. The molecule has 0 bridgehead atoms. The van der Waals surface area contributed by atoms with E-state index in [2.05, 4.69) is 18.0 Å². The maximum absolute atomic E-state index is 5.89. The van der Waals surface area contributed by atoms with Crippen molar-refractivity contribution in [1.29, 1.82) is 0 Å².